The molecule has 0 aromatic carbocycles. The highest BCUT2D eigenvalue weighted by Crippen LogP contribution is 2.45. The first-order valence-corrected chi connectivity index (χ1v) is 7.55. The van der Waals surface area contributed by atoms with Gasteiger partial charge in [0, 0.05) is 12.2 Å². The maximum absolute atomic E-state index is 12.6. The summed E-state index contributed by atoms with van der Waals surface area (Å²) in [6.07, 6.45) is 2.63. The van der Waals surface area contributed by atoms with Gasteiger partial charge < -0.3 is 16.0 Å². The third kappa shape index (κ3) is 1.65. The number of piperidine rings is 1. The van der Waals surface area contributed by atoms with Gasteiger partial charge in [-0.1, -0.05) is 0 Å². The summed E-state index contributed by atoms with van der Waals surface area (Å²) in [5.41, 5.74) is 5.72. The molecule has 0 spiro atoms. The topological polar surface area (TPSA) is 82.1 Å². The average molecular weight is 266 g/mol. The number of nitrogens with zero attached hydrogens (tertiary/aromatic N) is 2. The molecule has 3 saturated heterocycles. The van der Waals surface area contributed by atoms with Crippen molar-refractivity contribution in [1.82, 2.24) is 10.2 Å². The first-order chi connectivity index (χ1) is 8.66. The molecule has 3 N–H and O–H groups in total. The smallest absolute Gasteiger partial charge is 0.245 e. The third-order valence-corrected chi connectivity index (χ3v) is 5.74. The molecule has 1 amide bonds. The summed E-state index contributed by atoms with van der Waals surface area (Å²) in [6.45, 7) is 1.88. The van der Waals surface area contributed by atoms with E-state index >= 15 is 0 Å². The Hall–Kier alpha value is -0.770. The predicted octanol–water partition coefficient (Wildman–Crippen LogP) is -0.119. The van der Waals surface area contributed by atoms with Crippen molar-refractivity contribution in [2.45, 2.75) is 36.2 Å². The Kier molecular flexibility index (Phi) is 3.00. The SMILES string of the molecule is N#C[C@@H]1CSC2C[C@](N)(C3CCNCC3)C(=O)N21. The van der Waals surface area contributed by atoms with Crippen molar-refractivity contribution in [2.24, 2.45) is 11.7 Å². The van der Waals surface area contributed by atoms with Crippen LogP contribution in [0, 0.1) is 17.2 Å². The number of fused-ring (bicyclic) bond motifs is 1. The highest BCUT2D eigenvalue weighted by Gasteiger charge is 2.57. The number of carbonyl (C=O) groups is 1. The number of hydrogen-bond acceptors (Lipinski definition) is 5. The highest BCUT2D eigenvalue weighted by atomic mass is 32.2. The molecule has 0 aromatic heterocycles. The van der Waals surface area contributed by atoms with Crippen molar-refractivity contribution >= 4 is 17.7 Å². The van der Waals surface area contributed by atoms with Gasteiger partial charge in [-0.05, 0) is 31.8 Å². The number of nitriles is 1. The molecule has 0 aliphatic carbocycles. The first-order valence-electron chi connectivity index (χ1n) is 6.50. The van der Waals surface area contributed by atoms with Crippen molar-refractivity contribution in [3.05, 3.63) is 0 Å². The Bertz CT molecular complexity index is 403. The quantitative estimate of drug-likeness (QED) is 0.691. The van der Waals surface area contributed by atoms with Crippen LogP contribution in [0.15, 0.2) is 0 Å². The molecular formula is C12H18N4OS. The van der Waals surface area contributed by atoms with Crippen LogP contribution in [-0.4, -0.2) is 46.6 Å². The van der Waals surface area contributed by atoms with Crippen LogP contribution < -0.4 is 11.1 Å². The molecule has 3 heterocycles. The van der Waals surface area contributed by atoms with E-state index in [1.165, 1.54) is 0 Å². The molecule has 98 valence electrons. The van der Waals surface area contributed by atoms with E-state index in [2.05, 4.69) is 11.4 Å². The summed E-state index contributed by atoms with van der Waals surface area (Å²) in [7, 11) is 0. The predicted molar refractivity (Wildman–Crippen MR) is 69.6 cm³/mol. The molecule has 0 saturated carbocycles. The highest BCUT2D eigenvalue weighted by molar-refractivity contribution is 8.00. The Balaban J connectivity index is 1.83. The van der Waals surface area contributed by atoms with Crippen LogP contribution in [0.5, 0.6) is 0 Å². The van der Waals surface area contributed by atoms with Gasteiger partial charge in [0.1, 0.15) is 11.6 Å². The Morgan fingerprint density at radius 2 is 2.22 bits per heavy atom. The van der Waals surface area contributed by atoms with Crippen LogP contribution in [0.25, 0.3) is 0 Å². The van der Waals surface area contributed by atoms with Crippen LogP contribution in [0.3, 0.4) is 0 Å². The molecule has 3 atom stereocenters. The lowest BCUT2D eigenvalue weighted by atomic mass is 9.77. The zero-order valence-corrected chi connectivity index (χ0v) is 11.1. The molecule has 3 aliphatic rings. The summed E-state index contributed by atoms with van der Waals surface area (Å²) in [5.74, 6) is 1.00. The monoisotopic (exact) mass is 266 g/mol. The van der Waals surface area contributed by atoms with Gasteiger partial charge in [0.05, 0.1) is 11.4 Å². The second-order valence-electron chi connectivity index (χ2n) is 5.41. The fourth-order valence-electron chi connectivity index (χ4n) is 3.39. The summed E-state index contributed by atoms with van der Waals surface area (Å²) < 4.78 is 0. The molecule has 5 nitrogen and oxygen atoms in total. The van der Waals surface area contributed by atoms with Gasteiger partial charge in [0.2, 0.25) is 5.91 Å². The molecule has 3 aliphatic heterocycles. The first kappa shape index (κ1) is 12.3. The third-order valence-electron chi connectivity index (χ3n) is 4.45. The number of thioether (sulfide) groups is 1. The van der Waals surface area contributed by atoms with E-state index in [1.807, 2.05) is 0 Å². The number of carbonyl (C=O) groups excluding carboxylic acids is 1. The van der Waals surface area contributed by atoms with E-state index in [0.29, 0.717) is 6.42 Å². The second kappa shape index (κ2) is 4.41. The normalized spacial score (nSPS) is 40.9. The molecule has 6 heteroatoms. The minimum absolute atomic E-state index is 0.0101. The maximum atomic E-state index is 12.6. The minimum atomic E-state index is -0.727. The van der Waals surface area contributed by atoms with E-state index in [9.17, 15) is 4.79 Å². The van der Waals surface area contributed by atoms with E-state index in [-0.39, 0.29) is 23.2 Å². The number of nitrogens with two attached hydrogens (primary N) is 1. The fraction of sp³-hybridized carbons (Fsp3) is 0.833. The van der Waals surface area contributed by atoms with Crippen LogP contribution >= 0.6 is 11.8 Å². The van der Waals surface area contributed by atoms with Crippen LogP contribution in [0.4, 0.5) is 0 Å². The number of rotatable bonds is 1. The van der Waals surface area contributed by atoms with Gasteiger partial charge in [0.25, 0.3) is 0 Å². The van der Waals surface area contributed by atoms with E-state index in [4.69, 9.17) is 11.0 Å². The van der Waals surface area contributed by atoms with Crippen molar-refractivity contribution < 1.29 is 4.79 Å². The summed E-state index contributed by atoms with van der Waals surface area (Å²) in [6, 6.07) is 1.94. The molecule has 0 radical (unpaired) electrons. The summed E-state index contributed by atoms with van der Waals surface area (Å²) in [4.78, 5) is 14.3. The zero-order chi connectivity index (χ0) is 12.8. The number of amides is 1. The van der Waals surface area contributed by atoms with Crippen LogP contribution in [0.1, 0.15) is 19.3 Å². The molecule has 3 fully saturated rings. The number of hydrogen-bond donors (Lipinski definition) is 2. The van der Waals surface area contributed by atoms with Crippen molar-refractivity contribution in [3.8, 4) is 6.07 Å². The maximum Gasteiger partial charge on any atom is 0.245 e. The van der Waals surface area contributed by atoms with Gasteiger partial charge in [-0.3, -0.25) is 4.79 Å². The molecule has 0 bridgehead atoms. The van der Waals surface area contributed by atoms with Crippen LogP contribution in [0.2, 0.25) is 0 Å². The summed E-state index contributed by atoms with van der Waals surface area (Å²) in [5, 5.41) is 12.5. The molecule has 0 aromatic rings. The van der Waals surface area contributed by atoms with Gasteiger partial charge in [0.15, 0.2) is 0 Å². The van der Waals surface area contributed by atoms with Crippen LogP contribution in [-0.2, 0) is 4.79 Å². The van der Waals surface area contributed by atoms with Gasteiger partial charge in [-0.25, -0.2) is 0 Å². The van der Waals surface area contributed by atoms with E-state index in [0.717, 1.165) is 31.7 Å². The standard InChI is InChI=1S/C12H18N4OS/c13-6-9-7-18-10-5-12(14,11(17)16(9)10)8-1-3-15-4-2-8/h8-10,15H,1-5,7,14H2/t9-,10?,12+/m1/s1. The molecule has 1 unspecified atom stereocenters. The second-order valence-corrected chi connectivity index (χ2v) is 6.62. The fourth-order valence-corrected chi connectivity index (χ4v) is 4.82. The lowest BCUT2D eigenvalue weighted by Crippen LogP contribution is -2.57. The Morgan fingerprint density at radius 3 is 2.89 bits per heavy atom. The van der Waals surface area contributed by atoms with Gasteiger partial charge in [-0.2, -0.15) is 5.26 Å². The largest absolute Gasteiger partial charge is 0.317 e. The van der Waals surface area contributed by atoms with Gasteiger partial charge >= 0.3 is 0 Å². The molecular weight excluding hydrogens is 248 g/mol. The molecule has 3 rings (SSSR count). The lowest BCUT2D eigenvalue weighted by Gasteiger charge is -2.35. The lowest BCUT2D eigenvalue weighted by molar-refractivity contribution is -0.134. The van der Waals surface area contributed by atoms with Crippen molar-refractivity contribution in [2.75, 3.05) is 18.8 Å². The van der Waals surface area contributed by atoms with E-state index in [1.54, 1.807) is 16.7 Å². The van der Waals surface area contributed by atoms with Crippen molar-refractivity contribution in [1.29, 1.82) is 5.26 Å². The minimum Gasteiger partial charge on any atom is -0.317 e. The summed E-state index contributed by atoms with van der Waals surface area (Å²) >= 11 is 1.70. The average Bonchev–Trinajstić information content (AvgIpc) is 2.91. The van der Waals surface area contributed by atoms with E-state index < -0.39 is 5.54 Å². The van der Waals surface area contributed by atoms with Gasteiger partial charge in [-0.15, -0.1) is 11.8 Å². The number of nitrogens with one attached hydrogen (secondary N) is 1. The molecule has 18 heavy (non-hydrogen) atoms. The zero-order valence-electron chi connectivity index (χ0n) is 10.3. The Labute approximate surface area is 111 Å². The van der Waals surface area contributed by atoms with Crippen molar-refractivity contribution in [3.63, 3.8) is 0 Å². The Morgan fingerprint density at radius 1 is 1.50 bits per heavy atom.